The summed E-state index contributed by atoms with van der Waals surface area (Å²) in [7, 11) is 0. The molecule has 0 aliphatic heterocycles. The normalized spacial score (nSPS) is 13.1. The molecule has 2 heterocycles. The Morgan fingerprint density at radius 2 is 2.13 bits per heavy atom. The molecule has 1 unspecified atom stereocenters. The summed E-state index contributed by atoms with van der Waals surface area (Å²) in [5, 5.41) is 2.76. The number of hydrogen-bond donors (Lipinski definition) is 1. The fraction of sp³-hybridized carbons (Fsp3) is 0.273. The van der Waals surface area contributed by atoms with Gasteiger partial charge in [0.1, 0.15) is 11.5 Å². The zero-order valence-electron chi connectivity index (χ0n) is 8.58. The van der Waals surface area contributed by atoms with Gasteiger partial charge in [-0.1, -0.05) is 11.6 Å². The van der Waals surface area contributed by atoms with Crippen LogP contribution in [0.25, 0.3) is 0 Å². The SMILES string of the molecule is Cc1ccc(C(N)c2scc(C)c2Cl)o1. The first-order valence-electron chi connectivity index (χ1n) is 4.65. The molecular weight excluding hydrogens is 230 g/mol. The third-order valence-electron chi connectivity index (χ3n) is 2.28. The van der Waals surface area contributed by atoms with Gasteiger partial charge in [0.25, 0.3) is 0 Å². The molecule has 0 saturated carbocycles. The molecule has 0 radical (unpaired) electrons. The molecule has 2 N–H and O–H groups in total. The van der Waals surface area contributed by atoms with E-state index in [1.54, 1.807) is 11.3 Å². The molecule has 2 nitrogen and oxygen atoms in total. The van der Waals surface area contributed by atoms with E-state index in [-0.39, 0.29) is 6.04 Å². The van der Waals surface area contributed by atoms with E-state index in [0.717, 1.165) is 27.0 Å². The van der Waals surface area contributed by atoms with Gasteiger partial charge in [-0.2, -0.15) is 0 Å². The Kier molecular flexibility index (Phi) is 2.87. The van der Waals surface area contributed by atoms with Crippen LogP contribution in [0, 0.1) is 13.8 Å². The summed E-state index contributed by atoms with van der Waals surface area (Å²) in [5.41, 5.74) is 7.14. The molecule has 0 saturated heterocycles. The fourth-order valence-electron chi connectivity index (χ4n) is 1.41. The predicted octanol–water partition coefficient (Wildman–Crippen LogP) is 3.66. The smallest absolute Gasteiger partial charge is 0.126 e. The topological polar surface area (TPSA) is 39.2 Å². The van der Waals surface area contributed by atoms with E-state index in [2.05, 4.69) is 0 Å². The maximum Gasteiger partial charge on any atom is 0.126 e. The van der Waals surface area contributed by atoms with Crippen molar-refractivity contribution in [3.05, 3.63) is 44.5 Å². The first kappa shape index (κ1) is 10.7. The highest BCUT2D eigenvalue weighted by Crippen LogP contribution is 2.34. The number of halogens is 1. The van der Waals surface area contributed by atoms with Crippen LogP contribution in [0.3, 0.4) is 0 Å². The highest BCUT2D eigenvalue weighted by molar-refractivity contribution is 7.10. The molecule has 2 aromatic heterocycles. The van der Waals surface area contributed by atoms with Gasteiger partial charge in [-0.3, -0.25) is 0 Å². The maximum atomic E-state index is 6.15. The molecule has 2 rings (SSSR count). The molecular formula is C11H12ClNOS. The van der Waals surface area contributed by atoms with E-state index in [9.17, 15) is 0 Å². The number of hydrogen-bond acceptors (Lipinski definition) is 3. The minimum absolute atomic E-state index is 0.259. The average Bonchev–Trinajstić information content (AvgIpc) is 2.75. The minimum atomic E-state index is -0.259. The van der Waals surface area contributed by atoms with E-state index >= 15 is 0 Å². The highest BCUT2D eigenvalue weighted by atomic mass is 35.5. The molecule has 1 atom stereocenters. The van der Waals surface area contributed by atoms with Crippen molar-refractivity contribution in [1.82, 2.24) is 0 Å². The Balaban J connectivity index is 2.36. The maximum absolute atomic E-state index is 6.15. The lowest BCUT2D eigenvalue weighted by molar-refractivity contribution is 0.468. The molecule has 4 heteroatoms. The van der Waals surface area contributed by atoms with E-state index < -0.39 is 0 Å². The van der Waals surface area contributed by atoms with Crippen molar-refractivity contribution in [2.24, 2.45) is 5.73 Å². The van der Waals surface area contributed by atoms with Crippen LogP contribution >= 0.6 is 22.9 Å². The summed E-state index contributed by atoms with van der Waals surface area (Å²) in [6.07, 6.45) is 0. The molecule has 0 amide bonds. The molecule has 0 aliphatic carbocycles. The number of furan rings is 1. The van der Waals surface area contributed by atoms with Crippen LogP contribution in [0.2, 0.25) is 5.02 Å². The van der Waals surface area contributed by atoms with E-state index in [4.69, 9.17) is 21.8 Å². The minimum Gasteiger partial charge on any atom is -0.464 e. The number of rotatable bonds is 2. The molecule has 0 spiro atoms. The largest absolute Gasteiger partial charge is 0.464 e. The van der Waals surface area contributed by atoms with Crippen LogP contribution in [0.15, 0.2) is 21.9 Å². The lowest BCUT2D eigenvalue weighted by atomic mass is 10.2. The lowest BCUT2D eigenvalue weighted by Gasteiger charge is -2.06. The summed E-state index contributed by atoms with van der Waals surface area (Å²) in [6.45, 7) is 3.87. The Bertz CT molecular complexity index is 475. The lowest BCUT2D eigenvalue weighted by Crippen LogP contribution is -2.09. The van der Waals surface area contributed by atoms with Gasteiger partial charge < -0.3 is 10.2 Å². The third-order valence-corrected chi connectivity index (χ3v) is 4.07. The number of nitrogens with two attached hydrogens (primary N) is 1. The van der Waals surface area contributed by atoms with Crippen molar-refractivity contribution in [3.8, 4) is 0 Å². The molecule has 0 fully saturated rings. The zero-order valence-corrected chi connectivity index (χ0v) is 10.2. The van der Waals surface area contributed by atoms with Gasteiger partial charge in [-0.25, -0.2) is 0 Å². The van der Waals surface area contributed by atoms with Crippen molar-refractivity contribution in [1.29, 1.82) is 0 Å². The van der Waals surface area contributed by atoms with Crippen molar-refractivity contribution in [2.75, 3.05) is 0 Å². The molecule has 0 aliphatic rings. The standard InChI is InChI=1S/C11H12ClNOS/c1-6-5-15-11(9(6)12)10(13)8-4-3-7(2)14-8/h3-5,10H,13H2,1-2H3. The second-order valence-electron chi connectivity index (χ2n) is 3.52. The Morgan fingerprint density at radius 3 is 2.60 bits per heavy atom. The van der Waals surface area contributed by atoms with Gasteiger partial charge in [0.2, 0.25) is 0 Å². The predicted molar refractivity (Wildman–Crippen MR) is 63.5 cm³/mol. The van der Waals surface area contributed by atoms with Crippen LogP contribution in [-0.4, -0.2) is 0 Å². The van der Waals surface area contributed by atoms with Crippen LogP contribution in [-0.2, 0) is 0 Å². The average molecular weight is 242 g/mol. The molecule has 0 aromatic carbocycles. The van der Waals surface area contributed by atoms with Crippen molar-refractivity contribution in [3.63, 3.8) is 0 Å². The molecule has 80 valence electrons. The van der Waals surface area contributed by atoms with Crippen LogP contribution in [0.1, 0.15) is 28.0 Å². The van der Waals surface area contributed by atoms with Crippen molar-refractivity contribution < 1.29 is 4.42 Å². The number of thiophene rings is 1. The van der Waals surface area contributed by atoms with E-state index in [0.29, 0.717) is 0 Å². The summed E-state index contributed by atoms with van der Waals surface area (Å²) in [6, 6.07) is 3.54. The Hall–Kier alpha value is -0.770. The molecule has 2 aromatic rings. The van der Waals surface area contributed by atoms with Gasteiger partial charge in [0.05, 0.1) is 11.1 Å². The van der Waals surface area contributed by atoms with Gasteiger partial charge in [0.15, 0.2) is 0 Å². The van der Waals surface area contributed by atoms with E-state index in [1.807, 2.05) is 31.4 Å². The third kappa shape index (κ3) is 1.95. The van der Waals surface area contributed by atoms with Gasteiger partial charge in [-0.05, 0) is 36.9 Å². The van der Waals surface area contributed by atoms with E-state index in [1.165, 1.54) is 0 Å². The molecule has 0 bridgehead atoms. The Morgan fingerprint density at radius 1 is 1.40 bits per heavy atom. The van der Waals surface area contributed by atoms with Crippen LogP contribution < -0.4 is 5.73 Å². The Labute approximate surface area is 97.7 Å². The summed E-state index contributed by atoms with van der Waals surface area (Å²) in [5.74, 6) is 1.63. The van der Waals surface area contributed by atoms with Crippen LogP contribution in [0.5, 0.6) is 0 Å². The van der Waals surface area contributed by atoms with Crippen molar-refractivity contribution in [2.45, 2.75) is 19.9 Å². The highest BCUT2D eigenvalue weighted by Gasteiger charge is 2.18. The zero-order chi connectivity index (χ0) is 11.0. The summed E-state index contributed by atoms with van der Waals surface area (Å²) in [4.78, 5) is 0.962. The first-order chi connectivity index (χ1) is 7.09. The van der Waals surface area contributed by atoms with Gasteiger partial charge >= 0.3 is 0 Å². The van der Waals surface area contributed by atoms with Crippen LogP contribution in [0.4, 0.5) is 0 Å². The second kappa shape index (κ2) is 4.00. The molecule has 15 heavy (non-hydrogen) atoms. The van der Waals surface area contributed by atoms with Gasteiger partial charge in [-0.15, -0.1) is 11.3 Å². The monoisotopic (exact) mass is 241 g/mol. The van der Waals surface area contributed by atoms with Crippen molar-refractivity contribution >= 4 is 22.9 Å². The summed E-state index contributed by atoms with van der Waals surface area (Å²) >= 11 is 7.72. The quantitative estimate of drug-likeness (QED) is 0.872. The summed E-state index contributed by atoms with van der Waals surface area (Å²) < 4.78 is 5.49. The fourth-order valence-corrected chi connectivity index (χ4v) is 2.73. The second-order valence-corrected chi connectivity index (χ2v) is 4.81. The van der Waals surface area contributed by atoms with Gasteiger partial charge in [0, 0.05) is 4.88 Å². The number of aryl methyl sites for hydroxylation is 2. The first-order valence-corrected chi connectivity index (χ1v) is 5.90.